The number of hydrogen-bond donors (Lipinski definition) is 1. The van der Waals surface area contributed by atoms with E-state index in [-0.39, 0.29) is 0 Å². The molecule has 0 saturated carbocycles. The van der Waals surface area contributed by atoms with E-state index in [0.29, 0.717) is 0 Å². The van der Waals surface area contributed by atoms with Crippen molar-refractivity contribution >= 4 is 29.3 Å². The van der Waals surface area contributed by atoms with Crippen molar-refractivity contribution < 1.29 is 0 Å². The molecule has 0 radical (unpaired) electrons. The van der Waals surface area contributed by atoms with Crippen molar-refractivity contribution in [2.24, 2.45) is 0 Å². The molecule has 0 aliphatic heterocycles. The Hall–Kier alpha value is -4.11. The Kier molecular flexibility index (Phi) is 7.48. The van der Waals surface area contributed by atoms with Crippen molar-refractivity contribution in [2.45, 2.75) is 0 Å². The second-order valence-corrected chi connectivity index (χ2v) is 7.42. The van der Waals surface area contributed by atoms with Crippen molar-refractivity contribution in [3.8, 4) is 0 Å². The molecule has 4 rings (SSSR count). The summed E-state index contributed by atoms with van der Waals surface area (Å²) in [5.74, 6) is 0.833. The van der Waals surface area contributed by atoms with E-state index in [4.69, 9.17) is 0 Å². The first-order valence-corrected chi connectivity index (χ1v) is 10.8. The average Bonchev–Trinajstić information content (AvgIpc) is 2.86. The molecule has 0 bridgehead atoms. The van der Waals surface area contributed by atoms with Gasteiger partial charge in [0.1, 0.15) is 5.82 Å². The number of hydrogen-bond acceptors (Lipinski definition) is 3. The fraction of sp³-hybridized carbons (Fsp3) is 0.0690. The summed E-state index contributed by atoms with van der Waals surface area (Å²) in [6, 6.07) is 35.0. The second-order valence-electron chi connectivity index (χ2n) is 7.42. The first kappa shape index (κ1) is 21.1. The lowest BCUT2D eigenvalue weighted by Crippen LogP contribution is -2.23. The number of para-hydroxylation sites is 1. The van der Waals surface area contributed by atoms with Crippen LogP contribution in [0, 0.1) is 0 Å². The van der Waals surface area contributed by atoms with Gasteiger partial charge in [0.25, 0.3) is 0 Å². The molecule has 0 atom stereocenters. The summed E-state index contributed by atoms with van der Waals surface area (Å²) in [5.41, 5.74) is 4.51. The summed E-state index contributed by atoms with van der Waals surface area (Å²) < 4.78 is 0. The molecule has 0 aliphatic carbocycles. The molecule has 0 aliphatic rings. The number of anilines is 3. The quantitative estimate of drug-likeness (QED) is 0.316. The summed E-state index contributed by atoms with van der Waals surface area (Å²) >= 11 is 0. The van der Waals surface area contributed by atoms with Crippen LogP contribution in [0.3, 0.4) is 0 Å². The van der Waals surface area contributed by atoms with Crippen molar-refractivity contribution in [3.05, 3.63) is 133 Å². The summed E-state index contributed by atoms with van der Waals surface area (Å²) in [6.45, 7) is 1.59. The number of nitrogens with zero attached hydrogens (tertiary/aromatic N) is 2. The van der Waals surface area contributed by atoms with Gasteiger partial charge in [0.05, 0.1) is 11.9 Å². The van der Waals surface area contributed by atoms with Crippen molar-refractivity contribution in [1.82, 2.24) is 4.98 Å². The fourth-order valence-electron chi connectivity index (χ4n) is 3.36. The Bertz CT molecular complexity index is 1070. The van der Waals surface area contributed by atoms with E-state index < -0.39 is 0 Å². The molecular weight excluding hydrogens is 390 g/mol. The van der Waals surface area contributed by atoms with Gasteiger partial charge in [0.15, 0.2) is 0 Å². The van der Waals surface area contributed by atoms with E-state index in [1.807, 2.05) is 54.7 Å². The van der Waals surface area contributed by atoms with Crippen LogP contribution in [0.5, 0.6) is 0 Å². The lowest BCUT2D eigenvalue weighted by Gasteiger charge is -2.22. The minimum atomic E-state index is 0.793. The predicted molar refractivity (Wildman–Crippen MR) is 137 cm³/mol. The summed E-state index contributed by atoms with van der Waals surface area (Å²) in [4.78, 5) is 6.93. The molecule has 1 aromatic heterocycles. The molecule has 4 aromatic rings. The molecule has 3 heteroatoms. The zero-order chi connectivity index (χ0) is 21.8. The van der Waals surface area contributed by atoms with E-state index >= 15 is 0 Å². The predicted octanol–water partition coefficient (Wildman–Crippen LogP) is 7.06. The number of nitrogens with one attached hydrogen (secondary N) is 1. The third-order valence-corrected chi connectivity index (χ3v) is 5.03. The molecule has 0 fully saturated rings. The smallest absolute Gasteiger partial charge is 0.130 e. The maximum atomic E-state index is 4.63. The highest BCUT2D eigenvalue weighted by molar-refractivity contribution is 5.59. The average molecular weight is 418 g/mol. The van der Waals surface area contributed by atoms with E-state index in [9.17, 15) is 0 Å². The minimum Gasteiger partial charge on any atom is -0.363 e. The van der Waals surface area contributed by atoms with Crippen LogP contribution >= 0.6 is 0 Å². The Labute approximate surface area is 190 Å². The third kappa shape index (κ3) is 6.44. The van der Waals surface area contributed by atoms with Gasteiger partial charge < -0.3 is 10.2 Å². The second kappa shape index (κ2) is 11.3. The Morgan fingerprint density at radius 2 is 1.16 bits per heavy atom. The van der Waals surface area contributed by atoms with E-state index in [1.54, 1.807) is 0 Å². The van der Waals surface area contributed by atoms with Crippen LogP contribution in [0.2, 0.25) is 0 Å². The van der Waals surface area contributed by atoms with Crippen LogP contribution in [-0.4, -0.2) is 18.1 Å². The molecule has 0 spiro atoms. The molecule has 0 unspecified atom stereocenters. The van der Waals surface area contributed by atoms with Crippen LogP contribution in [0.1, 0.15) is 11.1 Å². The summed E-state index contributed by atoms with van der Waals surface area (Å²) in [6.07, 6.45) is 10.6. The summed E-state index contributed by atoms with van der Waals surface area (Å²) in [5, 5.41) is 3.34. The zero-order valence-electron chi connectivity index (χ0n) is 18.0. The van der Waals surface area contributed by atoms with Crippen molar-refractivity contribution in [3.63, 3.8) is 0 Å². The Morgan fingerprint density at radius 1 is 0.625 bits per heavy atom. The van der Waals surface area contributed by atoms with Gasteiger partial charge in [-0.05, 0) is 35.4 Å². The maximum Gasteiger partial charge on any atom is 0.130 e. The molecule has 3 nitrogen and oxygen atoms in total. The Balaban J connectivity index is 1.46. The monoisotopic (exact) mass is 417 g/mol. The van der Waals surface area contributed by atoms with Gasteiger partial charge in [0, 0.05) is 18.8 Å². The maximum absolute atomic E-state index is 4.63. The molecular formula is C29H27N3. The van der Waals surface area contributed by atoms with E-state index in [2.05, 4.69) is 94.1 Å². The van der Waals surface area contributed by atoms with Crippen LogP contribution < -0.4 is 10.2 Å². The Morgan fingerprint density at radius 3 is 1.66 bits per heavy atom. The molecule has 0 saturated heterocycles. The first-order chi connectivity index (χ1) is 15.9. The number of benzene rings is 3. The van der Waals surface area contributed by atoms with Gasteiger partial charge >= 0.3 is 0 Å². The molecule has 0 amide bonds. The lowest BCUT2D eigenvalue weighted by molar-refractivity contribution is 0.952. The van der Waals surface area contributed by atoms with Gasteiger partial charge in [-0.3, -0.25) is 0 Å². The molecule has 32 heavy (non-hydrogen) atoms. The van der Waals surface area contributed by atoms with Gasteiger partial charge in [-0.15, -0.1) is 0 Å². The lowest BCUT2D eigenvalue weighted by atomic mass is 10.2. The molecule has 158 valence electrons. The standard InChI is InChI=1S/C29H27N3/c1-4-12-25(13-5-1)16-10-22-32(23-11-17-26-14-6-2-7-15-26)28-20-21-29(30-24-28)31-27-18-8-3-9-19-27/h1-21,24H,22-23H2,(H,30,31)/b16-10+,17-11+. The fourth-order valence-corrected chi connectivity index (χ4v) is 3.36. The summed E-state index contributed by atoms with van der Waals surface area (Å²) in [7, 11) is 0. The van der Waals surface area contributed by atoms with Gasteiger partial charge in [0.2, 0.25) is 0 Å². The van der Waals surface area contributed by atoms with Crippen LogP contribution in [0.4, 0.5) is 17.2 Å². The van der Waals surface area contributed by atoms with Gasteiger partial charge in [-0.1, -0.05) is 103 Å². The van der Waals surface area contributed by atoms with Crippen molar-refractivity contribution in [2.75, 3.05) is 23.3 Å². The van der Waals surface area contributed by atoms with Crippen LogP contribution in [-0.2, 0) is 0 Å². The number of aromatic nitrogens is 1. The topological polar surface area (TPSA) is 28.2 Å². The van der Waals surface area contributed by atoms with Crippen molar-refractivity contribution in [1.29, 1.82) is 0 Å². The highest BCUT2D eigenvalue weighted by Crippen LogP contribution is 2.19. The number of pyridine rings is 1. The van der Waals surface area contributed by atoms with Gasteiger partial charge in [-0.25, -0.2) is 4.98 Å². The SMILES string of the molecule is C(=C\c1ccccc1)/CN(C/C=C/c1ccccc1)c1ccc(Nc2ccccc2)nc1. The zero-order valence-corrected chi connectivity index (χ0v) is 18.0. The highest BCUT2D eigenvalue weighted by atomic mass is 15.1. The first-order valence-electron chi connectivity index (χ1n) is 10.8. The van der Waals surface area contributed by atoms with Crippen LogP contribution in [0.25, 0.3) is 12.2 Å². The highest BCUT2D eigenvalue weighted by Gasteiger charge is 2.05. The van der Waals surface area contributed by atoms with E-state index in [1.165, 1.54) is 11.1 Å². The molecule has 1 heterocycles. The van der Waals surface area contributed by atoms with Crippen LogP contribution in [0.15, 0.2) is 121 Å². The minimum absolute atomic E-state index is 0.793. The number of rotatable bonds is 9. The third-order valence-electron chi connectivity index (χ3n) is 5.03. The molecule has 1 N–H and O–H groups in total. The van der Waals surface area contributed by atoms with Gasteiger partial charge in [-0.2, -0.15) is 0 Å². The van der Waals surface area contributed by atoms with E-state index in [0.717, 1.165) is 30.3 Å². The normalized spacial score (nSPS) is 11.1. The largest absolute Gasteiger partial charge is 0.363 e. The molecule has 3 aromatic carbocycles.